The molecule has 1 aromatic heterocycles. The topological polar surface area (TPSA) is 128 Å². The molecule has 0 aliphatic rings. The molecule has 0 atom stereocenters. The van der Waals surface area contributed by atoms with Crippen molar-refractivity contribution in [3.05, 3.63) is 107 Å². The largest absolute Gasteiger partial charge is 0.493 e. The van der Waals surface area contributed by atoms with Gasteiger partial charge in [-0.3, -0.25) is 9.59 Å². The highest BCUT2D eigenvalue weighted by Crippen LogP contribution is 2.34. The zero-order chi connectivity index (χ0) is 31.2. The van der Waals surface area contributed by atoms with E-state index in [4.69, 9.17) is 18.9 Å². The van der Waals surface area contributed by atoms with Gasteiger partial charge in [0.15, 0.2) is 23.0 Å². The van der Waals surface area contributed by atoms with Gasteiger partial charge in [-0.05, 0) is 60.0 Å². The fraction of sp³-hybridized carbons (Fsp3) is 0.118. The third-order valence-corrected chi connectivity index (χ3v) is 6.75. The van der Waals surface area contributed by atoms with Crippen molar-refractivity contribution in [2.45, 2.75) is 13.8 Å². The summed E-state index contributed by atoms with van der Waals surface area (Å²) in [5, 5.41) is 5.09. The van der Waals surface area contributed by atoms with Crippen LogP contribution < -0.4 is 24.4 Å². The average Bonchev–Trinajstić information content (AvgIpc) is 3.43. The van der Waals surface area contributed by atoms with Gasteiger partial charge in [0.25, 0.3) is 5.91 Å². The molecule has 0 unspecified atom stereocenters. The number of esters is 2. The quantitative estimate of drug-likeness (QED) is 0.0922. The van der Waals surface area contributed by atoms with Crippen LogP contribution in [0.5, 0.6) is 23.0 Å². The van der Waals surface area contributed by atoms with Gasteiger partial charge in [-0.25, -0.2) is 10.2 Å². The highest BCUT2D eigenvalue weighted by atomic mass is 16.6. The number of benzene rings is 4. The number of fused-ring (bicyclic) bond motifs is 1. The van der Waals surface area contributed by atoms with Gasteiger partial charge >= 0.3 is 11.9 Å². The van der Waals surface area contributed by atoms with Crippen molar-refractivity contribution in [2.75, 3.05) is 14.2 Å². The van der Waals surface area contributed by atoms with Crippen LogP contribution in [0.3, 0.4) is 0 Å². The molecule has 0 spiro atoms. The second-order valence-corrected chi connectivity index (χ2v) is 9.70. The predicted molar refractivity (Wildman–Crippen MR) is 166 cm³/mol. The number of amides is 1. The second kappa shape index (κ2) is 13.0. The van der Waals surface area contributed by atoms with Gasteiger partial charge < -0.3 is 23.9 Å². The summed E-state index contributed by atoms with van der Waals surface area (Å²) in [7, 11) is 2.84. The molecule has 0 bridgehead atoms. The first-order valence-electron chi connectivity index (χ1n) is 13.6. The standard InChI is InChI=1S/C34H29N3O7/c1-20-9-8-12-25-30(23-10-6-5-7-11-23)32(36-31(20)25)33(39)37-35-19-22-13-15-27(28(17-22)41-3)44-34(40)24-14-16-26(43-21(2)38)29(18-24)42-4/h5-19,36H,1-4H3,(H,37,39). The monoisotopic (exact) mass is 591 g/mol. The first kappa shape index (κ1) is 29.6. The molecular formula is C34H29N3O7. The predicted octanol–water partition coefficient (Wildman–Crippen LogP) is 6.07. The van der Waals surface area contributed by atoms with Gasteiger partial charge in [0.2, 0.25) is 0 Å². The fourth-order valence-electron chi connectivity index (χ4n) is 4.70. The summed E-state index contributed by atoms with van der Waals surface area (Å²) in [4.78, 5) is 40.7. The van der Waals surface area contributed by atoms with Crippen LogP contribution in [0.2, 0.25) is 0 Å². The van der Waals surface area contributed by atoms with Crippen LogP contribution in [0.15, 0.2) is 90.0 Å². The van der Waals surface area contributed by atoms with Crippen LogP contribution in [0, 0.1) is 6.92 Å². The molecular weight excluding hydrogens is 562 g/mol. The first-order valence-corrected chi connectivity index (χ1v) is 13.6. The summed E-state index contributed by atoms with van der Waals surface area (Å²) in [6.07, 6.45) is 1.46. The van der Waals surface area contributed by atoms with Crippen LogP contribution in [-0.2, 0) is 4.79 Å². The highest BCUT2D eigenvalue weighted by Gasteiger charge is 2.20. The van der Waals surface area contributed by atoms with Crippen LogP contribution in [0.25, 0.3) is 22.0 Å². The van der Waals surface area contributed by atoms with Gasteiger partial charge in [0.05, 0.1) is 26.0 Å². The first-order chi connectivity index (χ1) is 21.3. The summed E-state index contributed by atoms with van der Waals surface area (Å²) in [6.45, 7) is 3.25. The molecule has 0 aliphatic carbocycles. The Labute approximate surface area is 253 Å². The number of aryl methyl sites for hydroxylation is 1. The van der Waals surface area contributed by atoms with E-state index in [2.05, 4.69) is 15.5 Å². The molecule has 2 N–H and O–H groups in total. The Morgan fingerprint density at radius 1 is 0.795 bits per heavy atom. The van der Waals surface area contributed by atoms with Gasteiger partial charge in [-0.15, -0.1) is 0 Å². The highest BCUT2D eigenvalue weighted by molar-refractivity contribution is 6.10. The van der Waals surface area contributed by atoms with Gasteiger partial charge in [-0.1, -0.05) is 48.5 Å². The Balaban J connectivity index is 1.32. The lowest BCUT2D eigenvalue weighted by atomic mass is 10.0. The zero-order valence-electron chi connectivity index (χ0n) is 24.5. The van der Waals surface area contributed by atoms with Crippen molar-refractivity contribution >= 4 is 35.0 Å². The molecule has 5 rings (SSSR count). The number of rotatable bonds is 9. The lowest BCUT2D eigenvalue weighted by molar-refractivity contribution is -0.132. The lowest BCUT2D eigenvalue weighted by Crippen LogP contribution is -2.18. The summed E-state index contributed by atoms with van der Waals surface area (Å²) < 4.78 is 21.3. The van der Waals surface area contributed by atoms with E-state index in [1.54, 1.807) is 18.2 Å². The molecule has 10 nitrogen and oxygen atoms in total. The number of methoxy groups -OCH3 is 2. The van der Waals surface area contributed by atoms with Crippen molar-refractivity contribution in [1.82, 2.24) is 10.4 Å². The zero-order valence-corrected chi connectivity index (χ0v) is 24.5. The van der Waals surface area contributed by atoms with E-state index in [-0.39, 0.29) is 28.6 Å². The molecule has 5 aromatic rings. The molecule has 222 valence electrons. The Bertz CT molecular complexity index is 1890. The Kier molecular flexibility index (Phi) is 8.71. The van der Waals surface area contributed by atoms with Crippen molar-refractivity contribution in [3.63, 3.8) is 0 Å². The van der Waals surface area contributed by atoms with E-state index in [0.29, 0.717) is 11.3 Å². The number of ether oxygens (including phenoxy) is 4. The van der Waals surface area contributed by atoms with Gasteiger partial charge in [-0.2, -0.15) is 5.10 Å². The molecule has 1 amide bonds. The number of nitrogens with one attached hydrogen (secondary N) is 2. The minimum atomic E-state index is -0.674. The Hall–Kier alpha value is -5.90. The minimum absolute atomic E-state index is 0.169. The second-order valence-electron chi connectivity index (χ2n) is 9.70. The van der Waals surface area contributed by atoms with Crippen molar-refractivity contribution in [3.8, 4) is 34.1 Å². The molecule has 1 heterocycles. The number of hydrogen-bond donors (Lipinski definition) is 2. The van der Waals surface area contributed by atoms with E-state index < -0.39 is 17.8 Å². The van der Waals surface area contributed by atoms with Crippen LogP contribution in [0.1, 0.15) is 38.9 Å². The molecule has 0 radical (unpaired) electrons. The van der Waals surface area contributed by atoms with Crippen molar-refractivity contribution in [1.29, 1.82) is 0 Å². The number of hydrazone groups is 1. The number of carbonyl (C=O) groups is 3. The average molecular weight is 592 g/mol. The van der Waals surface area contributed by atoms with Crippen molar-refractivity contribution in [2.24, 2.45) is 5.10 Å². The van der Waals surface area contributed by atoms with E-state index in [1.165, 1.54) is 45.6 Å². The van der Waals surface area contributed by atoms with Crippen LogP contribution >= 0.6 is 0 Å². The maximum atomic E-state index is 13.3. The summed E-state index contributed by atoms with van der Waals surface area (Å²) in [5.74, 6) is -0.765. The SMILES string of the molecule is COc1cc(C(=O)Oc2ccc(C=NNC(=O)c3[nH]c4c(C)cccc4c3-c3ccccc3)cc2OC)ccc1OC(C)=O. The van der Waals surface area contributed by atoms with Gasteiger partial charge in [0, 0.05) is 23.4 Å². The molecule has 0 aliphatic heterocycles. The Morgan fingerprint density at radius 3 is 2.23 bits per heavy atom. The molecule has 0 fully saturated rings. The van der Waals surface area contributed by atoms with Crippen LogP contribution in [0.4, 0.5) is 0 Å². The normalized spacial score (nSPS) is 10.9. The number of hydrogen-bond acceptors (Lipinski definition) is 8. The van der Waals surface area contributed by atoms with E-state index in [1.807, 2.05) is 55.5 Å². The Morgan fingerprint density at radius 2 is 1.50 bits per heavy atom. The molecule has 44 heavy (non-hydrogen) atoms. The summed E-state index contributed by atoms with van der Waals surface area (Å²) in [6, 6.07) is 24.8. The number of carbonyl (C=O) groups excluding carboxylic acids is 3. The number of aromatic amines is 1. The summed E-state index contributed by atoms with van der Waals surface area (Å²) >= 11 is 0. The maximum Gasteiger partial charge on any atom is 0.343 e. The molecule has 0 saturated carbocycles. The van der Waals surface area contributed by atoms with E-state index >= 15 is 0 Å². The minimum Gasteiger partial charge on any atom is -0.493 e. The molecule has 10 heteroatoms. The van der Waals surface area contributed by atoms with Crippen LogP contribution in [-0.4, -0.2) is 43.3 Å². The number of nitrogens with zero attached hydrogens (tertiary/aromatic N) is 1. The third kappa shape index (κ3) is 6.29. The van der Waals surface area contributed by atoms with E-state index in [0.717, 1.165) is 27.6 Å². The van der Waals surface area contributed by atoms with Gasteiger partial charge in [0.1, 0.15) is 5.69 Å². The molecule has 4 aromatic carbocycles. The number of para-hydroxylation sites is 1. The number of aromatic nitrogens is 1. The molecule has 0 saturated heterocycles. The lowest BCUT2D eigenvalue weighted by Gasteiger charge is -2.12. The third-order valence-electron chi connectivity index (χ3n) is 6.75. The maximum absolute atomic E-state index is 13.3. The van der Waals surface area contributed by atoms with Crippen molar-refractivity contribution < 1.29 is 33.3 Å². The van der Waals surface area contributed by atoms with E-state index in [9.17, 15) is 14.4 Å². The number of H-pyrrole nitrogens is 1. The smallest absolute Gasteiger partial charge is 0.343 e. The fourth-order valence-corrected chi connectivity index (χ4v) is 4.70. The summed E-state index contributed by atoms with van der Waals surface area (Å²) in [5.41, 5.74) is 7.37.